The Morgan fingerprint density at radius 1 is 1.06 bits per heavy atom. The van der Waals surface area contributed by atoms with Crippen molar-refractivity contribution in [2.45, 2.75) is 49.8 Å². The smallest absolute Gasteiger partial charge is 0.243 e. The number of para-hydroxylation sites is 1. The summed E-state index contributed by atoms with van der Waals surface area (Å²) in [5.74, 6) is -0.211. The first-order valence-corrected chi connectivity index (χ1v) is 12.9. The largest absolute Gasteiger partial charge is 0.325 e. The lowest BCUT2D eigenvalue weighted by molar-refractivity contribution is -0.115. The number of thioether (sulfide) groups is 1. The highest BCUT2D eigenvalue weighted by molar-refractivity contribution is 8.00. The summed E-state index contributed by atoms with van der Waals surface area (Å²) in [6.07, 6.45) is 0. The van der Waals surface area contributed by atoms with Crippen LogP contribution in [-0.2, 0) is 14.8 Å². The van der Waals surface area contributed by atoms with Gasteiger partial charge in [-0.05, 0) is 56.2 Å². The number of sulfonamides is 1. The summed E-state index contributed by atoms with van der Waals surface area (Å²) in [6.45, 7) is 10.00. The molecule has 1 atom stereocenters. The van der Waals surface area contributed by atoms with E-state index in [-0.39, 0.29) is 10.8 Å². The van der Waals surface area contributed by atoms with Crippen molar-refractivity contribution in [1.82, 2.24) is 9.29 Å². The molecule has 0 bridgehead atoms. The van der Waals surface area contributed by atoms with E-state index in [0.29, 0.717) is 24.3 Å². The van der Waals surface area contributed by atoms with E-state index >= 15 is 0 Å². The summed E-state index contributed by atoms with van der Waals surface area (Å²) in [4.78, 5) is 17.7. The number of rotatable bonds is 8. The van der Waals surface area contributed by atoms with E-state index in [1.54, 1.807) is 19.1 Å². The molecule has 0 unspecified atom stereocenters. The second-order valence-corrected chi connectivity index (χ2v) is 10.9. The van der Waals surface area contributed by atoms with Crippen LogP contribution in [0.2, 0.25) is 0 Å². The van der Waals surface area contributed by atoms with Gasteiger partial charge in [0.25, 0.3) is 0 Å². The Bertz CT molecular complexity index is 1240. The molecule has 170 valence electrons. The number of nitrogens with one attached hydrogen (secondary N) is 1. The minimum absolute atomic E-state index is 0.211. The maximum absolute atomic E-state index is 13.0. The molecule has 0 aliphatic rings. The molecule has 0 saturated heterocycles. The maximum atomic E-state index is 13.0. The number of fused-ring (bicyclic) bond motifs is 1. The summed E-state index contributed by atoms with van der Waals surface area (Å²) in [6, 6.07) is 14.9. The number of amides is 1. The van der Waals surface area contributed by atoms with Gasteiger partial charge >= 0.3 is 0 Å². The first kappa shape index (κ1) is 24.2. The molecule has 32 heavy (non-hydrogen) atoms. The molecule has 2 aromatic carbocycles. The number of nitrogens with zero attached hydrogens (tertiary/aromatic N) is 2. The number of aromatic nitrogens is 1. The fourth-order valence-electron chi connectivity index (χ4n) is 3.52. The number of hydrogen-bond donors (Lipinski definition) is 1. The van der Waals surface area contributed by atoms with Crippen LogP contribution in [0.1, 0.15) is 31.9 Å². The van der Waals surface area contributed by atoms with E-state index in [1.807, 2.05) is 58.0 Å². The highest BCUT2D eigenvalue weighted by Crippen LogP contribution is 2.28. The molecule has 1 aromatic heterocycles. The summed E-state index contributed by atoms with van der Waals surface area (Å²) >= 11 is 1.38. The van der Waals surface area contributed by atoms with E-state index in [0.717, 1.165) is 21.5 Å². The number of carbonyl (C=O) groups is 1. The second kappa shape index (κ2) is 10.0. The minimum atomic E-state index is -3.62. The Kier molecular flexibility index (Phi) is 7.59. The van der Waals surface area contributed by atoms with Crippen molar-refractivity contribution < 1.29 is 13.2 Å². The number of anilines is 1. The monoisotopic (exact) mass is 471 g/mol. The third kappa shape index (κ3) is 5.14. The SMILES string of the molecule is CCN(CC)S(=O)(=O)c1cc(NC(=O)[C@@H](C)Sc2cc(C)c3ccccc3n2)ccc1C. The summed E-state index contributed by atoms with van der Waals surface area (Å²) in [5, 5.41) is 4.32. The molecule has 3 rings (SSSR count). The standard InChI is InChI=1S/C24H29N3O3S2/c1-6-27(7-2)32(29,30)22-15-19(13-12-16(22)3)25-24(28)18(5)31-23-14-17(4)20-10-8-9-11-21(20)26-23/h8-15,18H,6-7H2,1-5H3,(H,25,28)/t18-/m1/s1. The molecule has 0 saturated carbocycles. The van der Waals surface area contributed by atoms with Gasteiger partial charge in [-0.25, -0.2) is 13.4 Å². The zero-order chi connectivity index (χ0) is 23.5. The normalized spacial score (nSPS) is 12.8. The van der Waals surface area contributed by atoms with Crippen LogP contribution in [0.3, 0.4) is 0 Å². The van der Waals surface area contributed by atoms with Crippen molar-refractivity contribution in [3.8, 4) is 0 Å². The summed E-state index contributed by atoms with van der Waals surface area (Å²) in [5.41, 5.74) is 3.11. The predicted octanol–water partition coefficient (Wildman–Crippen LogP) is 5.00. The quantitative estimate of drug-likeness (QED) is 0.468. The van der Waals surface area contributed by atoms with Gasteiger partial charge < -0.3 is 5.32 Å². The number of aryl methyl sites for hydroxylation is 2. The van der Waals surface area contributed by atoms with Crippen LogP contribution >= 0.6 is 11.8 Å². The molecule has 8 heteroatoms. The fraction of sp³-hybridized carbons (Fsp3) is 0.333. The number of benzene rings is 2. The molecule has 1 N–H and O–H groups in total. The van der Waals surface area contributed by atoms with Gasteiger partial charge in [0.05, 0.1) is 20.7 Å². The highest BCUT2D eigenvalue weighted by Gasteiger charge is 2.24. The van der Waals surface area contributed by atoms with Crippen LogP contribution in [-0.4, -0.2) is 42.0 Å². The molecule has 1 amide bonds. The third-order valence-electron chi connectivity index (χ3n) is 5.35. The number of pyridine rings is 1. The van der Waals surface area contributed by atoms with E-state index in [9.17, 15) is 13.2 Å². The minimum Gasteiger partial charge on any atom is -0.325 e. The molecular weight excluding hydrogens is 442 g/mol. The average molecular weight is 472 g/mol. The van der Waals surface area contributed by atoms with Crippen LogP contribution in [0.5, 0.6) is 0 Å². The van der Waals surface area contributed by atoms with E-state index < -0.39 is 15.3 Å². The molecule has 1 heterocycles. The zero-order valence-corrected chi connectivity index (χ0v) is 20.7. The lowest BCUT2D eigenvalue weighted by Gasteiger charge is -2.20. The van der Waals surface area contributed by atoms with Gasteiger partial charge in [-0.2, -0.15) is 4.31 Å². The fourth-order valence-corrected chi connectivity index (χ4v) is 6.15. The first-order valence-electron chi connectivity index (χ1n) is 10.6. The summed E-state index contributed by atoms with van der Waals surface area (Å²) < 4.78 is 27.3. The van der Waals surface area contributed by atoms with Gasteiger partial charge in [-0.3, -0.25) is 4.79 Å². The Labute approximate surface area is 194 Å². The Hall–Kier alpha value is -2.42. The second-order valence-electron chi connectivity index (χ2n) is 7.61. The zero-order valence-electron chi connectivity index (χ0n) is 19.0. The van der Waals surface area contributed by atoms with Gasteiger partial charge in [-0.1, -0.05) is 49.9 Å². The maximum Gasteiger partial charge on any atom is 0.243 e. The molecule has 0 fully saturated rings. The van der Waals surface area contributed by atoms with Gasteiger partial charge in [0, 0.05) is 24.2 Å². The van der Waals surface area contributed by atoms with Crippen molar-refractivity contribution in [1.29, 1.82) is 0 Å². The van der Waals surface area contributed by atoms with Crippen molar-refractivity contribution in [3.05, 3.63) is 59.7 Å². The van der Waals surface area contributed by atoms with Crippen LogP contribution in [0.25, 0.3) is 10.9 Å². The molecule has 3 aromatic rings. The van der Waals surface area contributed by atoms with Gasteiger partial charge in [0.2, 0.25) is 15.9 Å². The number of hydrogen-bond acceptors (Lipinski definition) is 5. The molecule has 0 aliphatic carbocycles. The molecule has 6 nitrogen and oxygen atoms in total. The van der Waals surface area contributed by atoms with E-state index in [1.165, 1.54) is 22.1 Å². The van der Waals surface area contributed by atoms with Crippen LogP contribution in [0.4, 0.5) is 5.69 Å². The third-order valence-corrected chi connectivity index (χ3v) is 8.56. The summed E-state index contributed by atoms with van der Waals surface area (Å²) in [7, 11) is -3.62. The van der Waals surface area contributed by atoms with E-state index in [4.69, 9.17) is 0 Å². The Balaban J connectivity index is 1.78. The Morgan fingerprint density at radius 3 is 2.44 bits per heavy atom. The van der Waals surface area contributed by atoms with Crippen molar-refractivity contribution in [2.75, 3.05) is 18.4 Å². The van der Waals surface area contributed by atoms with E-state index in [2.05, 4.69) is 10.3 Å². The van der Waals surface area contributed by atoms with Crippen molar-refractivity contribution >= 4 is 44.3 Å². The van der Waals surface area contributed by atoms with Crippen LogP contribution < -0.4 is 5.32 Å². The molecule has 0 aliphatic heterocycles. The topological polar surface area (TPSA) is 79.4 Å². The predicted molar refractivity (Wildman–Crippen MR) is 132 cm³/mol. The Morgan fingerprint density at radius 2 is 1.75 bits per heavy atom. The highest BCUT2D eigenvalue weighted by atomic mass is 32.2. The van der Waals surface area contributed by atoms with Crippen LogP contribution in [0.15, 0.2) is 58.5 Å². The number of carbonyl (C=O) groups excluding carboxylic acids is 1. The van der Waals surface area contributed by atoms with Crippen LogP contribution in [0, 0.1) is 13.8 Å². The average Bonchev–Trinajstić information content (AvgIpc) is 2.75. The van der Waals surface area contributed by atoms with Gasteiger partial charge in [0.1, 0.15) is 0 Å². The van der Waals surface area contributed by atoms with Crippen molar-refractivity contribution in [2.24, 2.45) is 0 Å². The van der Waals surface area contributed by atoms with Crippen molar-refractivity contribution in [3.63, 3.8) is 0 Å². The van der Waals surface area contributed by atoms with Gasteiger partial charge in [0.15, 0.2) is 0 Å². The molecular formula is C24H29N3O3S2. The lowest BCUT2D eigenvalue weighted by Crippen LogP contribution is -2.31. The van der Waals surface area contributed by atoms with Gasteiger partial charge in [-0.15, -0.1) is 0 Å². The lowest BCUT2D eigenvalue weighted by atomic mass is 10.1. The molecule has 0 radical (unpaired) electrons. The molecule has 0 spiro atoms. The first-order chi connectivity index (χ1) is 15.2.